The summed E-state index contributed by atoms with van der Waals surface area (Å²) in [6.45, 7) is 0.782. The molecule has 0 amide bonds. The SMILES string of the molecule is CNCc1cc(Br)cc(Br)c1N.Cl. The van der Waals surface area contributed by atoms with Crippen LogP contribution in [0, 0.1) is 0 Å². The molecule has 13 heavy (non-hydrogen) atoms. The van der Waals surface area contributed by atoms with Gasteiger partial charge in [0.2, 0.25) is 0 Å². The van der Waals surface area contributed by atoms with Crippen LogP contribution >= 0.6 is 44.3 Å². The molecule has 1 aromatic rings. The average molecular weight is 330 g/mol. The van der Waals surface area contributed by atoms with Gasteiger partial charge in [-0.1, -0.05) is 15.9 Å². The number of hydrogen-bond donors (Lipinski definition) is 2. The first-order chi connectivity index (χ1) is 5.65. The van der Waals surface area contributed by atoms with E-state index in [1.807, 2.05) is 19.2 Å². The molecule has 5 heteroatoms. The first-order valence-electron chi connectivity index (χ1n) is 3.53. The van der Waals surface area contributed by atoms with Crippen LogP contribution in [0.2, 0.25) is 0 Å². The highest BCUT2D eigenvalue weighted by Gasteiger charge is 2.03. The molecule has 0 aliphatic heterocycles. The average Bonchev–Trinajstić information content (AvgIpc) is 2.00. The second-order valence-electron chi connectivity index (χ2n) is 2.49. The fourth-order valence-corrected chi connectivity index (χ4v) is 2.29. The molecule has 0 aromatic heterocycles. The van der Waals surface area contributed by atoms with Gasteiger partial charge in [0, 0.05) is 15.5 Å². The van der Waals surface area contributed by atoms with Gasteiger partial charge in [-0.3, -0.25) is 0 Å². The lowest BCUT2D eigenvalue weighted by atomic mass is 10.2. The van der Waals surface area contributed by atoms with Gasteiger partial charge < -0.3 is 11.1 Å². The zero-order valence-corrected chi connectivity index (χ0v) is 11.1. The number of anilines is 1. The number of benzene rings is 1. The van der Waals surface area contributed by atoms with Gasteiger partial charge in [-0.2, -0.15) is 0 Å². The van der Waals surface area contributed by atoms with Gasteiger partial charge in [0.25, 0.3) is 0 Å². The van der Waals surface area contributed by atoms with E-state index in [1.165, 1.54) is 0 Å². The van der Waals surface area contributed by atoms with E-state index in [2.05, 4.69) is 37.2 Å². The first-order valence-corrected chi connectivity index (χ1v) is 5.11. The third kappa shape index (κ3) is 3.46. The van der Waals surface area contributed by atoms with E-state index >= 15 is 0 Å². The minimum Gasteiger partial charge on any atom is -0.398 e. The molecule has 74 valence electrons. The third-order valence-electron chi connectivity index (χ3n) is 1.55. The zero-order chi connectivity index (χ0) is 9.14. The maximum Gasteiger partial charge on any atom is 0.0504 e. The smallest absolute Gasteiger partial charge is 0.0504 e. The van der Waals surface area contributed by atoms with Crippen LogP contribution in [-0.4, -0.2) is 7.05 Å². The number of halogens is 3. The van der Waals surface area contributed by atoms with E-state index in [0.717, 1.165) is 26.7 Å². The molecular formula is C8H11Br2ClN2. The number of hydrogen-bond acceptors (Lipinski definition) is 2. The van der Waals surface area contributed by atoms with Gasteiger partial charge in [-0.15, -0.1) is 12.4 Å². The lowest BCUT2D eigenvalue weighted by molar-refractivity contribution is 0.819. The van der Waals surface area contributed by atoms with E-state index in [1.54, 1.807) is 0 Å². The highest BCUT2D eigenvalue weighted by atomic mass is 79.9. The fraction of sp³-hybridized carbons (Fsp3) is 0.250. The van der Waals surface area contributed by atoms with Crippen LogP contribution in [0.1, 0.15) is 5.56 Å². The molecule has 0 fully saturated rings. The lowest BCUT2D eigenvalue weighted by Crippen LogP contribution is -2.07. The number of rotatable bonds is 2. The van der Waals surface area contributed by atoms with Crippen LogP contribution in [0.5, 0.6) is 0 Å². The van der Waals surface area contributed by atoms with Crippen molar-refractivity contribution in [1.29, 1.82) is 0 Å². The van der Waals surface area contributed by atoms with Gasteiger partial charge in [-0.25, -0.2) is 0 Å². The standard InChI is InChI=1S/C8H10Br2N2.ClH/c1-12-4-5-2-6(9)3-7(10)8(5)11;/h2-3,12H,4,11H2,1H3;1H. The molecule has 0 aliphatic carbocycles. The first kappa shape index (κ1) is 13.2. The highest BCUT2D eigenvalue weighted by Crippen LogP contribution is 2.27. The Morgan fingerprint density at radius 2 is 2.00 bits per heavy atom. The maximum atomic E-state index is 5.83. The molecule has 0 radical (unpaired) electrons. The van der Waals surface area contributed by atoms with Gasteiger partial charge in [0.05, 0.1) is 5.69 Å². The van der Waals surface area contributed by atoms with E-state index in [0.29, 0.717) is 0 Å². The highest BCUT2D eigenvalue weighted by molar-refractivity contribution is 9.11. The van der Waals surface area contributed by atoms with Crippen LogP contribution in [0.4, 0.5) is 5.69 Å². The predicted molar refractivity (Wildman–Crippen MR) is 66.3 cm³/mol. The van der Waals surface area contributed by atoms with Crippen molar-refractivity contribution in [2.45, 2.75) is 6.54 Å². The van der Waals surface area contributed by atoms with Gasteiger partial charge in [-0.05, 0) is 40.7 Å². The minimum atomic E-state index is 0. The summed E-state index contributed by atoms with van der Waals surface area (Å²) in [6, 6.07) is 3.95. The predicted octanol–water partition coefficient (Wildman–Crippen LogP) is 2.94. The summed E-state index contributed by atoms with van der Waals surface area (Å²) in [7, 11) is 1.90. The van der Waals surface area contributed by atoms with Crippen molar-refractivity contribution in [3.8, 4) is 0 Å². The monoisotopic (exact) mass is 328 g/mol. The molecule has 0 aliphatic rings. The van der Waals surface area contributed by atoms with Crippen LogP contribution < -0.4 is 11.1 Å². The molecule has 1 rings (SSSR count). The Morgan fingerprint density at radius 1 is 1.38 bits per heavy atom. The molecule has 1 aromatic carbocycles. The number of nitrogen functional groups attached to an aromatic ring is 1. The quantitative estimate of drug-likeness (QED) is 0.818. The fourth-order valence-electron chi connectivity index (χ4n) is 0.975. The molecule has 0 bridgehead atoms. The van der Waals surface area contributed by atoms with Crippen LogP contribution in [0.3, 0.4) is 0 Å². The number of nitrogens with one attached hydrogen (secondary N) is 1. The largest absolute Gasteiger partial charge is 0.398 e. The van der Waals surface area contributed by atoms with Crippen molar-refractivity contribution in [1.82, 2.24) is 5.32 Å². The molecule has 0 atom stereocenters. The van der Waals surface area contributed by atoms with Gasteiger partial charge in [0.15, 0.2) is 0 Å². The topological polar surface area (TPSA) is 38.0 Å². The lowest BCUT2D eigenvalue weighted by Gasteiger charge is -2.07. The van der Waals surface area contributed by atoms with Gasteiger partial charge in [0.1, 0.15) is 0 Å². The minimum absolute atomic E-state index is 0. The molecular weight excluding hydrogens is 319 g/mol. The van der Waals surface area contributed by atoms with Gasteiger partial charge >= 0.3 is 0 Å². The summed E-state index contributed by atoms with van der Waals surface area (Å²) in [6.07, 6.45) is 0. The van der Waals surface area contributed by atoms with Crippen molar-refractivity contribution in [2.24, 2.45) is 0 Å². The summed E-state index contributed by atoms with van der Waals surface area (Å²) in [5, 5.41) is 3.06. The summed E-state index contributed by atoms with van der Waals surface area (Å²) in [5.41, 5.74) is 7.72. The van der Waals surface area contributed by atoms with E-state index in [4.69, 9.17) is 5.73 Å². The normalized spacial score (nSPS) is 9.46. The Kier molecular flexibility index (Phi) is 5.96. The Labute approximate surface area is 101 Å². The molecule has 2 nitrogen and oxygen atoms in total. The molecule has 0 saturated carbocycles. The summed E-state index contributed by atoms with van der Waals surface area (Å²) in [5.74, 6) is 0. The van der Waals surface area contributed by atoms with Crippen LogP contribution in [0.25, 0.3) is 0 Å². The Balaban J connectivity index is 0.00000144. The van der Waals surface area contributed by atoms with Crippen LogP contribution in [0.15, 0.2) is 21.1 Å². The molecule has 0 unspecified atom stereocenters. The molecule has 0 spiro atoms. The van der Waals surface area contributed by atoms with Crippen molar-refractivity contribution >= 4 is 50.0 Å². The van der Waals surface area contributed by atoms with Crippen molar-refractivity contribution in [3.05, 3.63) is 26.6 Å². The molecule has 3 N–H and O–H groups in total. The Bertz CT molecular complexity index is 292. The van der Waals surface area contributed by atoms with Crippen molar-refractivity contribution in [2.75, 3.05) is 12.8 Å². The van der Waals surface area contributed by atoms with Crippen LogP contribution in [-0.2, 0) is 6.54 Å². The van der Waals surface area contributed by atoms with Crippen molar-refractivity contribution in [3.63, 3.8) is 0 Å². The third-order valence-corrected chi connectivity index (χ3v) is 2.66. The maximum absolute atomic E-state index is 5.83. The van der Waals surface area contributed by atoms with E-state index in [9.17, 15) is 0 Å². The second kappa shape index (κ2) is 5.86. The summed E-state index contributed by atoms with van der Waals surface area (Å²) in [4.78, 5) is 0. The molecule has 0 heterocycles. The number of nitrogens with two attached hydrogens (primary N) is 1. The Morgan fingerprint density at radius 3 is 2.54 bits per heavy atom. The van der Waals surface area contributed by atoms with Crippen molar-refractivity contribution < 1.29 is 0 Å². The summed E-state index contributed by atoms with van der Waals surface area (Å²) >= 11 is 6.79. The zero-order valence-electron chi connectivity index (χ0n) is 7.10. The second-order valence-corrected chi connectivity index (χ2v) is 4.26. The molecule has 0 saturated heterocycles. The van der Waals surface area contributed by atoms with E-state index < -0.39 is 0 Å². The van der Waals surface area contributed by atoms with E-state index in [-0.39, 0.29) is 12.4 Å². The Hall–Kier alpha value is 0.230. The summed E-state index contributed by atoms with van der Waals surface area (Å²) < 4.78 is 1.97.